The third kappa shape index (κ3) is 4.18. The van der Waals surface area contributed by atoms with Crippen LogP contribution in [0, 0.1) is 5.41 Å². The van der Waals surface area contributed by atoms with E-state index in [1.54, 1.807) is 7.11 Å². The summed E-state index contributed by atoms with van der Waals surface area (Å²) in [7, 11) is 1.55. The van der Waals surface area contributed by atoms with Crippen molar-refractivity contribution in [2.75, 3.05) is 39.9 Å². The average Bonchev–Trinajstić information content (AvgIpc) is 2.43. The lowest BCUT2D eigenvalue weighted by molar-refractivity contribution is -0.151. The van der Waals surface area contributed by atoms with Crippen molar-refractivity contribution < 1.29 is 19.4 Å². The second-order valence-electron chi connectivity index (χ2n) is 5.00. The number of hydrogen-bond donors (Lipinski definition) is 2. The lowest BCUT2D eigenvalue weighted by atomic mass is 9.75. The Balaban J connectivity index is 2.79. The minimum atomic E-state index is -0.982. The molecule has 0 atom stereocenters. The minimum absolute atomic E-state index is 0.0454. The Kier molecular flexibility index (Phi) is 6.24. The third-order valence-electron chi connectivity index (χ3n) is 3.87. The van der Waals surface area contributed by atoms with E-state index in [9.17, 15) is 9.59 Å². The standard InChI is InChI=1S/C13H24N2O4/c1-3-13(4-6-14-7-5-13)12(18)15(8-9-19-2)10-11(16)17/h14H,3-10H2,1-2H3,(H,16,17). The Bertz CT molecular complexity index is 314. The van der Waals surface area contributed by atoms with Gasteiger partial charge in [0.05, 0.1) is 12.0 Å². The van der Waals surface area contributed by atoms with Crippen LogP contribution in [-0.4, -0.2) is 61.8 Å². The van der Waals surface area contributed by atoms with Crippen molar-refractivity contribution in [3.63, 3.8) is 0 Å². The van der Waals surface area contributed by atoms with Gasteiger partial charge in [0.2, 0.25) is 5.91 Å². The van der Waals surface area contributed by atoms with Gasteiger partial charge in [-0.05, 0) is 32.4 Å². The molecule has 0 aromatic rings. The number of carboxylic acid groups (broad SMARTS) is 1. The van der Waals surface area contributed by atoms with Gasteiger partial charge in [0.25, 0.3) is 0 Å². The molecule has 0 unspecified atom stereocenters. The van der Waals surface area contributed by atoms with E-state index in [2.05, 4.69) is 5.32 Å². The van der Waals surface area contributed by atoms with Crippen LogP contribution in [0.4, 0.5) is 0 Å². The normalized spacial score (nSPS) is 18.0. The number of aliphatic carboxylic acids is 1. The first-order valence-corrected chi connectivity index (χ1v) is 6.76. The second-order valence-corrected chi connectivity index (χ2v) is 5.00. The Labute approximate surface area is 114 Å². The number of carbonyl (C=O) groups is 2. The number of nitrogens with one attached hydrogen (secondary N) is 1. The van der Waals surface area contributed by atoms with E-state index in [1.165, 1.54) is 4.90 Å². The van der Waals surface area contributed by atoms with Crippen LogP contribution < -0.4 is 5.32 Å². The maximum atomic E-state index is 12.7. The predicted octanol–water partition coefficient (Wildman–Crippen LogP) is 0.326. The first-order valence-electron chi connectivity index (χ1n) is 6.76. The maximum Gasteiger partial charge on any atom is 0.323 e. The molecule has 0 aromatic carbocycles. The molecule has 2 N–H and O–H groups in total. The van der Waals surface area contributed by atoms with E-state index in [0.29, 0.717) is 13.2 Å². The smallest absolute Gasteiger partial charge is 0.323 e. The molecule has 6 nitrogen and oxygen atoms in total. The molecule has 1 heterocycles. The third-order valence-corrected chi connectivity index (χ3v) is 3.87. The predicted molar refractivity (Wildman–Crippen MR) is 70.9 cm³/mol. The van der Waals surface area contributed by atoms with Crippen LogP contribution in [-0.2, 0) is 14.3 Å². The average molecular weight is 272 g/mol. The summed E-state index contributed by atoms with van der Waals surface area (Å²) in [6.07, 6.45) is 2.29. The molecule has 0 radical (unpaired) electrons. The zero-order chi connectivity index (χ0) is 14.3. The fourth-order valence-corrected chi connectivity index (χ4v) is 2.58. The first kappa shape index (κ1) is 15.9. The summed E-state index contributed by atoms with van der Waals surface area (Å²) in [4.78, 5) is 25.0. The van der Waals surface area contributed by atoms with Gasteiger partial charge >= 0.3 is 5.97 Å². The molecule has 1 rings (SSSR count). The molecular weight excluding hydrogens is 248 g/mol. The van der Waals surface area contributed by atoms with E-state index in [1.807, 2.05) is 6.92 Å². The van der Waals surface area contributed by atoms with Gasteiger partial charge in [-0.25, -0.2) is 0 Å². The quantitative estimate of drug-likeness (QED) is 0.698. The highest BCUT2D eigenvalue weighted by atomic mass is 16.5. The van der Waals surface area contributed by atoms with Crippen molar-refractivity contribution >= 4 is 11.9 Å². The molecule has 0 bridgehead atoms. The van der Waals surface area contributed by atoms with Crippen molar-refractivity contribution in [2.24, 2.45) is 5.41 Å². The molecule has 1 saturated heterocycles. The SMILES string of the molecule is CCC1(C(=O)N(CCOC)CC(=O)O)CCNCC1. The minimum Gasteiger partial charge on any atom is -0.480 e. The summed E-state index contributed by atoms with van der Waals surface area (Å²) in [5.74, 6) is -1.03. The second kappa shape index (κ2) is 7.45. The molecule has 0 saturated carbocycles. The van der Waals surface area contributed by atoms with E-state index in [0.717, 1.165) is 32.4 Å². The number of nitrogens with zero attached hydrogens (tertiary/aromatic N) is 1. The van der Waals surface area contributed by atoms with E-state index < -0.39 is 11.4 Å². The fraction of sp³-hybridized carbons (Fsp3) is 0.846. The molecule has 6 heteroatoms. The summed E-state index contributed by atoms with van der Waals surface area (Å²) in [5, 5.41) is 12.2. The number of carboxylic acids is 1. The van der Waals surface area contributed by atoms with Crippen LogP contribution in [0.2, 0.25) is 0 Å². The molecule has 0 aliphatic carbocycles. The topological polar surface area (TPSA) is 78.9 Å². The van der Waals surface area contributed by atoms with Gasteiger partial charge in [-0.2, -0.15) is 0 Å². The van der Waals surface area contributed by atoms with Gasteiger partial charge in [0.1, 0.15) is 6.54 Å². The largest absolute Gasteiger partial charge is 0.480 e. The monoisotopic (exact) mass is 272 g/mol. The van der Waals surface area contributed by atoms with Crippen molar-refractivity contribution in [1.82, 2.24) is 10.2 Å². The highest BCUT2D eigenvalue weighted by Gasteiger charge is 2.40. The van der Waals surface area contributed by atoms with E-state index in [4.69, 9.17) is 9.84 Å². The number of piperidine rings is 1. The van der Waals surface area contributed by atoms with Crippen LogP contribution in [0.15, 0.2) is 0 Å². The lowest BCUT2D eigenvalue weighted by Crippen LogP contribution is -2.51. The molecule has 110 valence electrons. The fourth-order valence-electron chi connectivity index (χ4n) is 2.58. The van der Waals surface area contributed by atoms with E-state index in [-0.39, 0.29) is 12.5 Å². The summed E-state index contributed by atoms with van der Waals surface area (Å²) in [5.41, 5.74) is -0.408. The van der Waals surface area contributed by atoms with Crippen LogP contribution in [0.1, 0.15) is 26.2 Å². The molecule has 1 aliphatic rings. The molecular formula is C13H24N2O4. The number of amides is 1. The zero-order valence-corrected chi connectivity index (χ0v) is 11.8. The van der Waals surface area contributed by atoms with E-state index >= 15 is 0 Å². The number of carbonyl (C=O) groups excluding carboxylic acids is 1. The van der Waals surface area contributed by atoms with Crippen molar-refractivity contribution in [2.45, 2.75) is 26.2 Å². The van der Waals surface area contributed by atoms with Crippen LogP contribution >= 0.6 is 0 Å². The van der Waals surface area contributed by atoms with Crippen LogP contribution in [0.25, 0.3) is 0 Å². The number of hydrogen-bond acceptors (Lipinski definition) is 4. The summed E-state index contributed by atoms with van der Waals surface area (Å²) in [6, 6.07) is 0. The molecule has 0 spiro atoms. The Morgan fingerprint density at radius 1 is 1.37 bits per heavy atom. The Morgan fingerprint density at radius 2 is 2.00 bits per heavy atom. The molecule has 1 aliphatic heterocycles. The summed E-state index contributed by atoms with van der Waals surface area (Å²) >= 11 is 0. The number of rotatable bonds is 7. The molecule has 1 fully saturated rings. The van der Waals surface area contributed by atoms with Gasteiger partial charge < -0.3 is 20.1 Å². The van der Waals surface area contributed by atoms with Gasteiger partial charge in [-0.15, -0.1) is 0 Å². The maximum absolute atomic E-state index is 12.7. The van der Waals surface area contributed by atoms with Gasteiger partial charge in [0, 0.05) is 13.7 Å². The molecule has 1 amide bonds. The van der Waals surface area contributed by atoms with Crippen molar-refractivity contribution in [3.8, 4) is 0 Å². The number of ether oxygens (including phenoxy) is 1. The van der Waals surface area contributed by atoms with Crippen molar-refractivity contribution in [1.29, 1.82) is 0 Å². The Hall–Kier alpha value is -1.14. The number of methoxy groups -OCH3 is 1. The van der Waals surface area contributed by atoms with Crippen LogP contribution in [0.5, 0.6) is 0 Å². The Morgan fingerprint density at radius 3 is 2.47 bits per heavy atom. The highest BCUT2D eigenvalue weighted by molar-refractivity contribution is 5.86. The summed E-state index contributed by atoms with van der Waals surface area (Å²) in [6.45, 7) is 4.05. The van der Waals surface area contributed by atoms with Gasteiger partial charge in [-0.1, -0.05) is 6.92 Å². The van der Waals surface area contributed by atoms with Gasteiger partial charge in [-0.3, -0.25) is 9.59 Å². The van der Waals surface area contributed by atoms with Gasteiger partial charge in [0.15, 0.2) is 0 Å². The lowest BCUT2D eigenvalue weighted by Gasteiger charge is -2.39. The van der Waals surface area contributed by atoms with Crippen molar-refractivity contribution in [3.05, 3.63) is 0 Å². The van der Waals surface area contributed by atoms with Crippen LogP contribution in [0.3, 0.4) is 0 Å². The first-order chi connectivity index (χ1) is 9.05. The molecule has 19 heavy (non-hydrogen) atoms. The highest BCUT2D eigenvalue weighted by Crippen LogP contribution is 2.34. The summed E-state index contributed by atoms with van der Waals surface area (Å²) < 4.78 is 4.96. The molecule has 0 aromatic heterocycles. The zero-order valence-electron chi connectivity index (χ0n) is 11.8.